The first-order valence-electron chi connectivity index (χ1n) is 4.47. The van der Waals surface area contributed by atoms with Gasteiger partial charge in [-0.3, -0.25) is 4.72 Å². The van der Waals surface area contributed by atoms with E-state index in [4.69, 9.17) is 5.73 Å². The molecular formula is C9H8BrN3O3S. The van der Waals surface area contributed by atoms with Gasteiger partial charge in [-0.05, 0) is 34.1 Å². The second-order valence-electron chi connectivity index (χ2n) is 3.17. The van der Waals surface area contributed by atoms with Crippen LogP contribution in [0.5, 0.6) is 0 Å². The number of aromatic nitrogens is 1. The number of nitrogen functional groups attached to an aromatic ring is 1. The average Bonchev–Trinajstić information content (AvgIpc) is 2.73. The Morgan fingerprint density at radius 3 is 2.71 bits per heavy atom. The summed E-state index contributed by atoms with van der Waals surface area (Å²) in [5, 5.41) is 3.47. The van der Waals surface area contributed by atoms with Crippen molar-refractivity contribution in [2.75, 3.05) is 10.5 Å². The molecule has 17 heavy (non-hydrogen) atoms. The van der Waals surface area contributed by atoms with Crippen molar-refractivity contribution in [2.45, 2.75) is 4.90 Å². The second kappa shape index (κ2) is 4.38. The van der Waals surface area contributed by atoms with Crippen molar-refractivity contribution in [3.63, 3.8) is 0 Å². The molecule has 0 spiro atoms. The summed E-state index contributed by atoms with van der Waals surface area (Å²) in [5.74, 6) is 0.123. The van der Waals surface area contributed by atoms with Crippen LogP contribution in [0, 0.1) is 0 Å². The Bertz CT molecular complexity index is 625. The number of nitrogens with one attached hydrogen (secondary N) is 1. The van der Waals surface area contributed by atoms with Gasteiger partial charge in [-0.25, -0.2) is 8.42 Å². The third kappa shape index (κ3) is 2.59. The van der Waals surface area contributed by atoms with Crippen molar-refractivity contribution in [3.05, 3.63) is 35.0 Å². The molecule has 1 heterocycles. The van der Waals surface area contributed by atoms with E-state index in [9.17, 15) is 8.42 Å². The fourth-order valence-corrected chi connectivity index (χ4v) is 2.69. The van der Waals surface area contributed by atoms with E-state index >= 15 is 0 Å². The number of benzene rings is 1. The van der Waals surface area contributed by atoms with Crippen LogP contribution in [0.4, 0.5) is 11.5 Å². The lowest BCUT2D eigenvalue weighted by Crippen LogP contribution is -2.13. The van der Waals surface area contributed by atoms with E-state index in [2.05, 4.69) is 30.3 Å². The van der Waals surface area contributed by atoms with Crippen LogP contribution in [0.2, 0.25) is 0 Å². The smallest absolute Gasteiger partial charge is 0.263 e. The van der Waals surface area contributed by atoms with E-state index in [1.807, 2.05) is 0 Å². The minimum atomic E-state index is -3.68. The molecule has 0 aliphatic carbocycles. The molecule has 2 aromatic rings. The topological polar surface area (TPSA) is 98.2 Å². The molecule has 2 rings (SSSR count). The molecule has 0 saturated carbocycles. The normalized spacial score (nSPS) is 11.4. The summed E-state index contributed by atoms with van der Waals surface area (Å²) in [6.45, 7) is 0. The van der Waals surface area contributed by atoms with Gasteiger partial charge in [-0.1, -0.05) is 5.16 Å². The number of nitrogens with zero attached hydrogens (tertiary/aromatic N) is 1. The van der Waals surface area contributed by atoms with E-state index in [0.29, 0.717) is 10.2 Å². The maximum absolute atomic E-state index is 11.9. The van der Waals surface area contributed by atoms with Gasteiger partial charge in [0.1, 0.15) is 6.26 Å². The maximum Gasteiger partial charge on any atom is 0.263 e. The molecular weight excluding hydrogens is 310 g/mol. The predicted octanol–water partition coefficient (Wildman–Crippen LogP) is 1.82. The lowest BCUT2D eigenvalue weighted by atomic mass is 10.3. The molecule has 90 valence electrons. The van der Waals surface area contributed by atoms with Gasteiger partial charge in [0.2, 0.25) is 0 Å². The number of nitrogens with two attached hydrogens (primary N) is 1. The number of hydrogen-bond donors (Lipinski definition) is 2. The zero-order chi connectivity index (χ0) is 12.5. The average molecular weight is 318 g/mol. The monoisotopic (exact) mass is 317 g/mol. The second-order valence-corrected chi connectivity index (χ2v) is 5.71. The Morgan fingerprint density at radius 1 is 1.35 bits per heavy atom. The van der Waals surface area contributed by atoms with Crippen molar-refractivity contribution in [3.8, 4) is 0 Å². The highest BCUT2D eigenvalue weighted by atomic mass is 79.9. The Labute approximate surface area is 106 Å². The number of rotatable bonds is 3. The maximum atomic E-state index is 11.9. The van der Waals surface area contributed by atoms with Crippen LogP contribution < -0.4 is 10.5 Å². The fraction of sp³-hybridized carbons (Fsp3) is 0. The van der Waals surface area contributed by atoms with Gasteiger partial charge in [0.15, 0.2) is 5.82 Å². The molecule has 0 radical (unpaired) electrons. The molecule has 1 aromatic carbocycles. The summed E-state index contributed by atoms with van der Waals surface area (Å²) < 4.78 is 31.1. The van der Waals surface area contributed by atoms with E-state index < -0.39 is 10.0 Å². The summed E-state index contributed by atoms with van der Waals surface area (Å²) in [6, 6.07) is 5.73. The minimum absolute atomic E-state index is 0.0848. The Kier molecular flexibility index (Phi) is 3.07. The van der Waals surface area contributed by atoms with Gasteiger partial charge >= 0.3 is 0 Å². The number of hydrogen-bond acceptors (Lipinski definition) is 5. The SMILES string of the molecule is Nc1ccc(S(=O)(=O)Nc2ccon2)cc1Br. The predicted molar refractivity (Wildman–Crippen MR) is 65.9 cm³/mol. The molecule has 0 aliphatic rings. The molecule has 6 nitrogen and oxygen atoms in total. The van der Waals surface area contributed by atoms with Gasteiger partial charge in [0, 0.05) is 16.2 Å². The van der Waals surface area contributed by atoms with Crippen LogP contribution in [0.1, 0.15) is 0 Å². The highest BCUT2D eigenvalue weighted by Gasteiger charge is 2.16. The van der Waals surface area contributed by atoms with Gasteiger partial charge in [-0.2, -0.15) is 0 Å². The highest BCUT2D eigenvalue weighted by Crippen LogP contribution is 2.24. The minimum Gasteiger partial charge on any atom is -0.398 e. The van der Waals surface area contributed by atoms with Crippen molar-refractivity contribution in [1.82, 2.24) is 5.16 Å². The first kappa shape index (κ1) is 11.9. The van der Waals surface area contributed by atoms with Crippen molar-refractivity contribution < 1.29 is 12.9 Å². The van der Waals surface area contributed by atoms with E-state index in [-0.39, 0.29) is 10.7 Å². The largest absolute Gasteiger partial charge is 0.398 e. The molecule has 0 fully saturated rings. The van der Waals surface area contributed by atoms with Crippen LogP contribution in [0.25, 0.3) is 0 Å². The summed E-state index contributed by atoms with van der Waals surface area (Å²) in [7, 11) is -3.68. The molecule has 0 bridgehead atoms. The molecule has 0 amide bonds. The quantitative estimate of drug-likeness (QED) is 0.841. The van der Waals surface area contributed by atoms with Gasteiger partial charge in [0.05, 0.1) is 4.90 Å². The molecule has 0 atom stereocenters. The van der Waals surface area contributed by atoms with Crippen LogP contribution in [-0.4, -0.2) is 13.6 Å². The van der Waals surface area contributed by atoms with Gasteiger partial charge in [-0.15, -0.1) is 0 Å². The zero-order valence-corrected chi connectivity index (χ0v) is 10.8. The number of anilines is 2. The third-order valence-electron chi connectivity index (χ3n) is 1.96. The zero-order valence-electron chi connectivity index (χ0n) is 8.42. The number of halogens is 1. The van der Waals surface area contributed by atoms with Crippen molar-refractivity contribution in [2.24, 2.45) is 0 Å². The fourth-order valence-electron chi connectivity index (χ4n) is 1.14. The van der Waals surface area contributed by atoms with Gasteiger partial charge in [0.25, 0.3) is 10.0 Å². The Balaban J connectivity index is 2.35. The first-order valence-corrected chi connectivity index (χ1v) is 6.75. The molecule has 3 N–H and O–H groups in total. The lowest BCUT2D eigenvalue weighted by Gasteiger charge is -2.06. The van der Waals surface area contributed by atoms with Crippen LogP contribution in [0.3, 0.4) is 0 Å². The molecule has 0 unspecified atom stereocenters. The third-order valence-corrected chi connectivity index (χ3v) is 4.00. The standard InChI is InChI=1S/C9H8BrN3O3S/c10-7-5-6(1-2-8(7)11)17(14,15)13-9-3-4-16-12-9/h1-5H,11H2,(H,12,13). The van der Waals surface area contributed by atoms with Crippen LogP contribution in [-0.2, 0) is 10.0 Å². The lowest BCUT2D eigenvalue weighted by molar-refractivity contribution is 0.423. The Hall–Kier alpha value is -1.54. The highest BCUT2D eigenvalue weighted by molar-refractivity contribution is 9.10. The van der Waals surface area contributed by atoms with E-state index in [1.165, 1.54) is 30.5 Å². The van der Waals surface area contributed by atoms with E-state index in [1.54, 1.807) is 0 Å². The molecule has 0 aliphatic heterocycles. The number of sulfonamides is 1. The summed E-state index contributed by atoms with van der Waals surface area (Å²) in [6.07, 6.45) is 1.27. The Morgan fingerprint density at radius 2 is 2.12 bits per heavy atom. The van der Waals surface area contributed by atoms with Crippen molar-refractivity contribution >= 4 is 37.5 Å². The molecule has 0 saturated heterocycles. The first-order chi connectivity index (χ1) is 7.99. The summed E-state index contributed by atoms with van der Waals surface area (Å²) in [5.41, 5.74) is 6.04. The molecule has 8 heteroatoms. The molecule has 1 aromatic heterocycles. The van der Waals surface area contributed by atoms with E-state index in [0.717, 1.165) is 0 Å². The summed E-state index contributed by atoms with van der Waals surface area (Å²) >= 11 is 3.17. The van der Waals surface area contributed by atoms with Gasteiger partial charge < -0.3 is 10.3 Å². The van der Waals surface area contributed by atoms with Crippen LogP contribution in [0.15, 0.2) is 44.4 Å². The van der Waals surface area contributed by atoms with Crippen molar-refractivity contribution in [1.29, 1.82) is 0 Å². The summed E-state index contributed by atoms with van der Waals surface area (Å²) in [4.78, 5) is 0.0848. The van der Waals surface area contributed by atoms with Crippen LogP contribution >= 0.6 is 15.9 Å².